The average molecular weight is 426 g/mol. The fourth-order valence-electron chi connectivity index (χ4n) is 3.67. The summed E-state index contributed by atoms with van der Waals surface area (Å²) in [6.07, 6.45) is 0. The zero-order valence-electron chi connectivity index (χ0n) is 17.6. The predicted molar refractivity (Wildman–Crippen MR) is 121 cm³/mol. The van der Waals surface area contributed by atoms with Gasteiger partial charge in [-0.25, -0.2) is 4.98 Å². The molecule has 0 bridgehead atoms. The van der Waals surface area contributed by atoms with Crippen LogP contribution in [0.25, 0.3) is 21.0 Å². The summed E-state index contributed by atoms with van der Waals surface area (Å²) in [5, 5.41) is 11.3. The lowest BCUT2D eigenvalue weighted by Gasteiger charge is -2.32. The van der Waals surface area contributed by atoms with Gasteiger partial charge in [-0.15, -0.1) is 11.3 Å². The van der Waals surface area contributed by atoms with Crippen LogP contribution < -0.4 is 9.47 Å². The lowest BCUT2D eigenvalue weighted by atomic mass is 10.1. The summed E-state index contributed by atoms with van der Waals surface area (Å²) in [5.41, 5.74) is 3.12. The first-order valence-electron chi connectivity index (χ1n) is 10.00. The van der Waals surface area contributed by atoms with E-state index in [1.54, 1.807) is 14.2 Å². The summed E-state index contributed by atoms with van der Waals surface area (Å²) in [4.78, 5) is 10.0. The molecule has 1 aromatic heterocycles. The van der Waals surface area contributed by atoms with Crippen LogP contribution in [0.3, 0.4) is 0 Å². The van der Waals surface area contributed by atoms with Gasteiger partial charge in [-0.1, -0.05) is 18.2 Å². The minimum atomic E-state index is 0.0570. The molecule has 0 unspecified atom stereocenters. The van der Waals surface area contributed by atoms with E-state index in [1.165, 1.54) is 16.9 Å². The maximum absolute atomic E-state index is 10.5. The summed E-state index contributed by atoms with van der Waals surface area (Å²) in [6, 6.07) is 14.0. The molecular formula is C23H27N3O3S. The Bertz CT molecular complexity index is 1010. The molecular weight excluding hydrogens is 398 g/mol. The minimum Gasteiger partial charge on any atom is -0.493 e. The quantitative estimate of drug-likeness (QED) is 0.645. The number of likely N-dealkylation sites (N-methyl/N-ethyl adjacent to an activating group) is 1. The van der Waals surface area contributed by atoms with Crippen molar-refractivity contribution in [3.63, 3.8) is 0 Å². The standard InChI is InChI=1S/C23H27N3O3S/c1-25-9-11-26(12-10-25)15-16-5-4-6-17(13-16)21-22(27)24-23(30-21)18-7-8-19(28-2)20(14-18)29-3/h4-8,13-14,27H,9-12,15H2,1-3H3. The van der Waals surface area contributed by atoms with Crippen LogP contribution in [0.5, 0.6) is 17.4 Å². The molecule has 0 spiro atoms. The van der Waals surface area contributed by atoms with Gasteiger partial charge in [0.1, 0.15) is 5.01 Å². The van der Waals surface area contributed by atoms with Crippen molar-refractivity contribution in [2.75, 3.05) is 47.4 Å². The molecule has 0 saturated carbocycles. The molecule has 1 fully saturated rings. The molecule has 6 nitrogen and oxygen atoms in total. The van der Waals surface area contributed by atoms with Crippen LogP contribution in [0.15, 0.2) is 42.5 Å². The highest BCUT2D eigenvalue weighted by Gasteiger charge is 2.17. The van der Waals surface area contributed by atoms with Crippen molar-refractivity contribution < 1.29 is 14.6 Å². The first-order chi connectivity index (χ1) is 14.6. The van der Waals surface area contributed by atoms with Gasteiger partial charge in [0, 0.05) is 38.3 Å². The van der Waals surface area contributed by atoms with E-state index in [9.17, 15) is 5.11 Å². The molecule has 1 saturated heterocycles. The van der Waals surface area contributed by atoms with Gasteiger partial charge in [-0.05, 0) is 42.4 Å². The number of hydrogen-bond donors (Lipinski definition) is 1. The monoisotopic (exact) mass is 425 g/mol. The van der Waals surface area contributed by atoms with Crippen molar-refractivity contribution >= 4 is 11.3 Å². The smallest absolute Gasteiger partial charge is 0.230 e. The highest BCUT2D eigenvalue weighted by atomic mass is 32.1. The number of piperazine rings is 1. The number of nitrogens with zero attached hydrogens (tertiary/aromatic N) is 3. The third-order valence-electron chi connectivity index (χ3n) is 5.43. The van der Waals surface area contributed by atoms with Crippen molar-refractivity contribution in [2.24, 2.45) is 0 Å². The first kappa shape index (κ1) is 20.7. The van der Waals surface area contributed by atoms with E-state index >= 15 is 0 Å². The molecule has 1 N–H and O–H groups in total. The van der Waals surface area contributed by atoms with Gasteiger partial charge in [0.05, 0.1) is 19.1 Å². The van der Waals surface area contributed by atoms with Crippen molar-refractivity contribution in [3.05, 3.63) is 48.0 Å². The van der Waals surface area contributed by atoms with Gasteiger partial charge >= 0.3 is 0 Å². The van der Waals surface area contributed by atoms with Crippen LogP contribution in [0, 0.1) is 0 Å². The van der Waals surface area contributed by atoms with Gasteiger partial charge in [0.15, 0.2) is 11.5 Å². The molecule has 2 aromatic carbocycles. The molecule has 0 amide bonds. The summed E-state index contributed by atoms with van der Waals surface area (Å²) < 4.78 is 10.7. The number of thiazole rings is 1. The zero-order chi connectivity index (χ0) is 21.1. The van der Waals surface area contributed by atoms with Gasteiger partial charge in [-0.2, -0.15) is 0 Å². The largest absolute Gasteiger partial charge is 0.493 e. The van der Waals surface area contributed by atoms with Crippen LogP contribution in [-0.4, -0.2) is 67.3 Å². The van der Waals surface area contributed by atoms with E-state index in [0.29, 0.717) is 11.5 Å². The number of methoxy groups -OCH3 is 2. The summed E-state index contributed by atoms with van der Waals surface area (Å²) in [5.74, 6) is 1.36. The Kier molecular flexibility index (Phi) is 6.22. The second-order valence-electron chi connectivity index (χ2n) is 7.52. The average Bonchev–Trinajstić information content (AvgIpc) is 3.16. The molecule has 0 atom stereocenters. The van der Waals surface area contributed by atoms with Crippen molar-refractivity contribution in [1.82, 2.24) is 14.8 Å². The SMILES string of the molecule is COc1ccc(-c2nc(O)c(-c3cccc(CN4CCN(C)CC4)c3)s2)cc1OC. The fourth-order valence-corrected chi connectivity index (χ4v) is 4.62. The van der Waals surface area contributed by atoms with E-state index < -0.39 is 0 Å². The number of benzene rings is 2. The molecule has 158 valence electrons. The third-order valence-corrected chi connectivity index (χ3v) is 6.57. The highest BCUT2D eigenvalue weighted by molar-refractivity contribution is 7.18. The second-order valence-corrected chi connectivity index (χ2v) is 8.52. The molecule has 0 radical (unpaired) electrons. The first-order valence-corrected chi connectivity index (χ1v) is 10.8. The Morgan fingerprint density at radius 1 is 0.967 bits per heavy atom. The number of ether oxygens (including phenoxy) is 2. The second kappa shape index (κ2) is 9.04. The Balaban J connectivity index is 1.57. The summed E-state index contributed by atoms with van der Waals surface area (Å²) in [7, 11) is 5.39. The van der Waals surface area contributed by atoms with Crippen molar-refractivity contribution in [1.29, 1.82) is 0 Å². The Morgan fingerprint density at radius 3 is 2.47 bits per heavy atom. The van der Waals surface area contributed by atoms with Gasteiger partial charge in [-0.3, -0.25) is 4.90 Å². The number of aromatic hydroxyl groups is 1. The van der Waals surface area contributed by atoms with E-state index in [4.69, 9.17) is 9.47 Å². The number of rotatable bonds is 6. The van der Waals surface area contributed by atoms with Crippen LogP contribution >= 0.6 is 11.3 Å². The molecule has 1 aliphatic rings. The van der Waals surface area contributed by atoms with Gasteiger partial charge in [0.2, 0.25) is 5.88 Å². The maximum Gasteiger partial charge on any atom is 0.230 e. The number of hydrogen-bond acceptors (Lipinski definition) is 7. The van der Waals surface area contributed by atoms with Gasteiger partial charge < -0.3 is 19.5 Å². The Hall–Kier alpha value is -2.61. The van der Waals surface area contributed by atoms with Crippen molar-refractivity contribution in [3.8, 4) is 38.4 Å². The summed E-state index contributed by atoms with van der Waals surface area (Å²) >= 11 is 1.48. The zero-order valence-corrected chi connectivity index (χ0v) is 18.4. The molecule has 0 aliphatic carbocycles. The topological polar surface area (TPSA) is 58.1 Å². The van der Waals surface area contributed by atoms with Crippen LogP contribution in [0.4, 0.5) is 0 Å². The van der Waals surface area contributed by atoms with E-state index in [0.717, 1.165) is 53.7 Å². The van der Waals surface area contributed by atoms with E-state index in [1.807, 2.05) is 24.3 Å². The van der Waals surface area contributed by atoms with Crippen LogP contribution in [-0.2, 0) is 6.54 Å². The molecule has 3 aromatic rings. The van der Waals surface area contributed by atoms with Crippen molar-refractivity contribution in [2.45, 2.75) is 6.54 Å². The molecule has 4 rings (SSSR count). The normalized spacial score (nSPS) is 15.3. The maximum atomic E-state index is 10.5. The minimum absolute atomic E-state index is 0.0570. The highest BCUT2D eigenvalue weighted by Crippen LogP contribution is 2.41. The number of aromatic nitrogens is 1. The van der Waals surface area contributed by atoms with Crippen LogP contribution in [0.2, 0.25) is 0 Å². The molecule has 30 heavy (non-hydrogen) atoms. The van der Waals surface area contributed by atoms with Crippen LogP contribution in [0.1, 0.15) is 5.56 Å². The Labute approximate surface area is 181 Å². The molecule has 7 heteroatoms. The molecule has 2 heterocycles. The van der Waals surface area contributed by atoms with E-state index in [-0.39, 0.29) is 5.88 Å². The predicted octanol–water partition coefficient (Wildman–Crippen LogP) is 3.95. The summed E-state index contributed by atoms with van der Waals surface area (Å²) in [6.45, 7) is 5.28. The van der Waals surface area contributed by atoms with Gasteiger partial charge in [0.25, 0.3) is 0 Å². The lowest BCUT2D eigenvalue weighted by molar-refractivity contribution is 0.148. The fraction of sp³-hybridized carbons (Fsp3) is 0.348. The Morgan fingerprint density at radius 2 is 1.73 bits per heavy atom. The van der Waals surface area contributed by atoms with E-state index in [2.05, 4.69) is 40.0 Å². The molecule has 1 aliphatic heterocycles. The third kappa shape index (κ3) is 4.43. The lowest BCUT2D eigenvalue weighted by Crippen LogP contribution is -2.43.